The molecule has 4 nitrogen and oxygen atoms in total. The molecule has 4 heteroatoms. The third-order valence-corrected chi connectivity index (χ3v) is 3.05. The van der Waals surface area contributed by atoms with Crippen molar-refractivity contribution in [3.8, 4) is 0 Å². The Kier molecular flexibility index (Phi) is 4.10. The van der Waals surface area contributed by atoms with Crippen molar-refractivity contribution in [2.24, 2.45) is 5.92 Å². The lowest BCUT2D eigenvalue weighted by Gasteiger charge is -2.22. The van der Waals surface area contributed by atoms with Crippen molar-refractivity contribution in [1.82, 2.24) is 15.5 Å². The van der Waals surface area contributed by atoms with E-state index in [-0.39, 0.29) is 0 Å². The lowest BCUT2D eigenvalue weighted by atomic mass is 10.00. The highest BCUT2D eigenvalue weighted by Gasteiger charge is 2.12. The minimum absolute atomic E-state index is 0.724. The van der Waals surface area contributed by atoms with Crippen LogP contribution in [0.25, 0.3) is 0 Å². The van der Waals surface area contributed by atoms with Crippen LogP contribution in [0, 0.1) is 5.92 Å². The van der Waals surface area contributed by atoms with E-state index in [9.17, 15) is 0 Å². The Morgan fingerprint density at radius 3 is 3.00 bits per heavy atom. The van der Waals surface area contributed by atoms with Crippen LogP contribution in [0.2, 0.25) is 0 Å². The minimum Gasteiger partial charge on any atom is -0.368 e. The molecule has 0 bridgehead atoms. The predicted octanol–water partition coefficient (Wildman–Crippen LogP) is 1.45. The number of aromatic nitrogens is 2. The van der Waals surface area contributed by atoms with Crippen molar-refractivity contribution < 1.29 is 0 Å². The molecule has 16 heavy (non-hydrogen) atoms. The van der Waals surface area contributed by atoms with E-state index in [2.05, 4.69) is 27.8 Å². The molecule has 1 atom stereocenters. The van der Waals surface area contributed by atoms with Crippen LogP contribution in [0.3, 0.4) is 0 Å². The third kappa shape index (κ3) is 3.17. The van der Waals surface area contributed by atoms with Crippen LogP contribution in [0.15, 0.2) is 12.1 Å². The standard InChI is InChI=1S/C12H20N4/c1-2-11-5-6-12(16-15-11)14-9-10-4-3-7-13-8-10/h5-6,10,13H,2-4,7-9H2,1H3,(H,14,16). The fourth-order valence-electron chi connectivity index (χ4n) is 1.99. The van der Waals surface area contributed by atoms with Gasteiger partial charge in [-0.1, -0.05) is 6.92 Å². The topological polar surface area (TPSA) is 49.8 Å². The van der Waals surface area contributed by atoms with Crippen molar-refractivity contribution >= 4 is 5.82 Å². The van der Waals surface area contributed by atoms with Gasteiger partial charge in [-0.25, -0.2) is 0 Å². The van der Waals surface area contributed by atoms with Crippen LogP contribution in [-0.4, -0.2) is 29.8 Å². The summed E-state index contributed by atoms with van der Waals surface area (Å²) in [6.07, 6.45) is 3.53. The SMILES string of the molecule is CCc1ccc(NCC2CCCNC2)nn1. The first-order valence-corrected chi connectivity index (χ1v) is 6.15. The molecule has 2 heterocycles. The molecule has 0 aromatic carbocycles. The van der Waals surface area contributed by atoms with Gasteiger partial charge in [-0.3, -0.25) is 0 Å². The van der Waals surface area contributed by atoms with E-state index in [4.69, 9.17) is 0 Å². The van der Waals surface area contributed by atoms with Gasteiger partial charge in [0, 0.05) is 6.54 Å². The van der Waals surface area contributed by atoms with Crippen LogP contribution >= 0.6 is 0 Å². The highest BCUT2D eigenvalue weighted by molar-refractivity contribution is 5.32. The summed E-state index contributed by atoms with van der Waals surface area (Å²) in [5.74, 6) is 1.61. The summed E-state index contributed by atoms with van der Waals surface area (Å²) < 4.78 is 0. The number of piperidine rings is 1. The molecule has 0 radical (unpaired) electrons. The number of hydrogen-bond donors (Lipinski definition) is 2. The molecular weight excluding hydrogens is 200 g/mol. The van der Waals surface area contributed by atoms with Gasteiger partial charge >= 0.3 is 0 Å². The molecule has 0 amide bonds. The fourth-order valence-corrected chi connectivity index (χ4v) is 1.99. The normalized spacial score (nSPS) is 20.7. The van der Waals surface area contributed by atoms with E-state index in [1.54, 1.807) is 0 Å². The Hall–Kier alpha value is -1.16. The van der Waals surface area contributed by atoms with Gasteiger partial charge in [0.25, 0.3) is 0 Å². The van der Waals surface area contributed by atoms with Gasteiger partial charge in [-0.05, 0) is 50.4 Å². The fraction of sp³-hybridized carbons (Fsp3) is 0.667. The van der Waals surface area contributed by atoms with Gasteiger partial charge in [-0.2, -0.15) is 5.10 Å². The molecular formula is C12H20N4. The van der Waals surface area contributed by atoms with E-state index in [1.807, 2.05) is 12.1 Å². The Labute approximate surface area is 96.9 Å². The zero-order valence-corrected chi connectivity index (χ0v) is 9.87. The summed E-state index contributed by atoms with van der Waals surface area (Å²) in [5, 5.41) is 15.1. The molecule has 88 valence electrons. The summed E-state index contributed by atoms with van der Waals surface area (Å²) in [5.41, 5.74) is 1.05. The van der Waals surface area contributed by atoms with Gasteiger partial charge in [0.1, 0.15) is 5.82 Å². The second kappa shape index (κ2) is 5.80. The van der Waals surface area contributed by atoms with Crippen LogP contribution in [0.4, 0.5) is 5.82 Å². The number of nitrogens with zero attached hydrogens (tertiary/aromatic N) is 2. The molecule has 1 aromatic heterocycles. The number of hydrogen-bond acceptors (Lipinski definition) is 4. The molecule has 0 spiro atoms. The lowest BCUT2D eigenvalue weighted by molar-refractivity contribution is 0.392. The van der Waals surface area contributed by atoms with E-state index in [1.165, 1.54) is 19.4 Å². The van der Waals surface area contributed by atoms with Crippen LogP contribution in [-0.2, 0) is 6.42 Å². The number of anilines is 1. The third-order valence-electron chi connectivity index (χ3n) is 3.05. The number of rotatable bonds is 4. The second-order valence-corrected chi connectivity index (χ2v) is 4.36. The maximum atomic E-state index is 4.15. The highest BCUT2D eigenvalue weighted by atomic mass is 15.2. The van der Waals surface area contributed by atoms with Crippen molar-refractivity contribution in [1.29, 1.82) is 0 Å². The lowest BCUT2D eigenvalue weighted by Crippen LogP contribution is -2.33. The quantitative estimate of drug-likeness (QED) is 0.806. The first kappa shape index (κ1) is 11.3. The molecule has 1 unspecified atom stereocenters. The predicted molar refractivity (Wildman–Crippen MR) is 65.5 cm³/mol. The maximum Gasteiger partial charge on any atom is 0.148 e. The molecule has 2 rings (SSSR count). The van der Waals surface area contributed by atoms with Crippen molar-refractivity contribution in [3.05, 3.63) is 17.8 Å². The zero-order valence-electron chi connectivity index (χ0n) is 9.87. The van der Waals surface area contributed by atoms with Crippen molar-refractivity contribution in [2.45, 2.75) is 26.2 Å². The van der Waals surface area contributed by atoms with E-state index in [0.717, 1.165) is 36.9 Å². The van der Waals surface area contributed by atoms with E-state index >= 15 is 0 Å². The van der Waals surface area contributed by atoms with Crippen LogP contribution in [0.5, 0.6) is 0 Å². The minimum atomic E-state index is 0.724. The molecule has 1 aliphatic heterocycles. The average Bonchev–Trinajstić information content (AvgIpc) is 2.38. The zero-order chi connectivity index (χ0) is 11.2. The number of aryl methyl sites for hydroxylation is 1. The molecule has 1 aliphatic rings. The highest BCUT2D eigenvalue weighted by Crippen LogP contribution is 2.11. The maximum absolute atomic E-state index is 4.15. The van der Waals surface area contributed by atoms with E-state index in [0.29, 0.717) is 0 Å². The van der Waals surface area contributed by atoms with Gasteiger partial charge in [0.15, 0.2) is 0 Å². The summed E-state index contributed by atoms with van der Waals surface area (Å²) in [6.45, 7) is 5.37. The second-order valence-electron chi connectivity index (χ2n) is 4.36. The monoisotopic (exact) mass is 220 g/mol. The summed E-state index contributed by atoms with van der Waals surface area (Å²) >= 11 is 0. The van der Waals surface area contributed by atoms with Crippen LogP contribution in [0.1, 0.15) is 25.5 Å². The Balaban J connectivity index is 1.79. The summed E-state index contributed by atoms with van der Waals surface area (Å²) in [4.78, 5) is 0. The van der Waals surface area contributed by atoms with Gasteiger partial charge in [0.2, 0.25) is 0 Å². The smallest absolute Gasteiger partial charge is 0.148 e. The molecule has 1 fully saturated rings. The van der Waals surface area contributed by atoms with Gasteiger partial charge < -0.3 is 10.6 Å². The first-order valence-electron chi connectivity index (χ1n) is 6.15. The van der Waals surface area contributed by atoms with E-state index < -0.39 is 0 Å². The Morgan fingerprint density at radius 1 is 1.44 bits per heavy atom. The summed E-state index contributed by atoms with van der Waals surface area (Å²) in [6, 6.07) is 4.05. The Bertz CT molecular complexity index is 303. The van der Waals surface area contributed by atoms with Crippen LogP contribution < -0.4 is 10.6 Å². The average molecular weight is 220 g/mol. The molecule has 1 aromatic rings. The summed E-state index contributed by atoms with van der Waals surface area (Å²) in [7, 11) is 0. The van der Waals surface area contributed by atoms with Crippen molar-refractivity contribution in [3.63, 3.8) is 0 Å². The first-order chi connectivity index (χ1) is 7.88. The molecule has 1 saturated heterocycles. The van der Waals surface area contributed by atoms with Gasteiger partial charge in [0.05, 0.1) is 5.69 Å². The Morgan fingerprint density at radius 2 is 2.38 bits per heavy atom. The molecule has 0 saturated carbocycles. The van der Waals surface area contributed by atoms with Crippen molar-refractivity contribution in [2.75, 3.05) is 25.0 Å². The molecule has 0 aliphatic carbocycles. The van der Waals surface area contributed by atoms with Gasteiger partial charge in [-0.15, -0.1) is 5.10 Å². The molecule has 2 N–H and O–H groups in total. The number of nitrogens with one attached hydrogen (secondary N) is 2. The largest absolute Gasteiger partial charge is 0.368 e.